The molecule has 160 valence electrons. The summed E-state index contributed by atoms with van der Waals surface area (Å²) in [5.41, 5.74) is 4.76. The Bertz CT molecular complexity index is 1010. The van der Waals surface area contributed by atoms with Crippen LogP contribution in [-0.4, -0.2) is 33.7 Å². The van der Waals surface area contributed by atoms with E-state index in [1.54, 1.807) is 36.4 Å². The number of ether oxygens (including phenoxy) is 1. The van der Waals surface area contributed by atoms with Crippen LogP contribution in [0.1, 0.15) is 37.7 Å². The molecule has 0 heterocycles. The van der Waals surface area contributed by atoms with E-state index in [9.17, 15) is 13.2 Å². The number of hydrazone groups is 1. The van der Waals surface area contributed by atoms with E-state index in [0.29, 0.717) is 11.4 Å². The minimum atomic E-state index is -3.97. The molecule has 2 aromatic carbocycles. The lowest BCUT2D eigenvalue weighted by atomic mass is 9.99. The maximum absolute atomic E-state index is 13.4. The molecule has 0 saturated heterocycles. The van der Waals surface area contributed by atoms with Gasteiger partial charge in [-0.3, -0.25) is 9.10 Å². The van der Waals surface area contributed by atoms with Crippen LogP contribution in [0.4, 0.5) is 5.69 Å². The number of aryl methyl sites for hydroxylation is 1. The molecule has 1 aliphatic rings. The van der Waals surface area contributed by atoms with Crippen LogP contribution in [0, 0.1) is 6.92 Å². The quantitative estimate of drug-likeness (QED) is 0.681. The number of carbonyl (C=O) groups excluding carboxylic acids is 1. The maximum Gasteiger partial charge on any atom is 0.264 e. The van der Waals surface area contributed by atoms with Crippen molar-refractivity contribution in [2.24, 2.45) is 5.10 Å². The van der Waals surface area contributed by atoms with Crippen molar-refractivity contribution in [3.05, 3.63) is 54.1 Å². The third kappa shape index (κ3) is 5.38. The van der Waals surface area contributed by atoms with Gasteiger partial charge in [0.2, 0.25) is 0 Å². The van der Waals surface area contributed by atoms with Gasteiger partial charge in [-0.1, -0.05) is 30.2 Å². The lowest BCUT2D eigenvalue weighted by Crippen LogP contribution is -2.39. The van der Waals surface area contributed by atoms with Crippen LogP contribution in [0.5, 0.6) is 5.75 Å². The Balaban J connectivity index is 1.89. The fourth-order valence-corrected chi connectivity index (χ4v) is 4.71. The number of hydrogen-bond donors (Lipinski definition) is 1. The molecule has 30 heavy (non-hydrogen) atoms. The second-order valence-electron chi connectivity index (χ2n) is 7.30. The molecule has 0 spiro atoms. The number of sulfonamides is 1. The molecule has 0 atom stereocenters. The summed E-state index contributed by atoms with van der Waals surface area (Å²) in [7, 11) is -2.46. The minimum Gasteiger partial charge on any atom is -0.497 e. The molecule has 1 aliphatic carbocycles. The van der Waals surface area contributed by atoms with Gasteiger partial charge in [-0.2, -0.15) is 5.10 Å². The van der Waals surface area contributed by atoms with Gasteiger partial charge in [0.05, 0.1) is 17.7 Å². The molecule has 0 unspecified atom stereocenters. The predicted octanol–water partition coefficient (Wildman–Crippen LogP) is 3.64. The van der Waals surface area contributed by atoms with Gasteiger partial charge >= 0.3 is 0 Å². The first-order valence-corrected chi connectivity index (χ1v) is 11.4. The van der Waals surface area contributed by atoms with Gasteiger partial charge in [-0.15, -0.1) is 0 Å². The first-order valence-electron chi connectivity index (χ1n) is 9.98. The highest BCUT2D eigenvalue weighted by molar-refractivity contribution is 7.92. The molecular formula is C22H27N3O4S. The molecule has 0 bridgehead atoms. The van der Waals surface area contributed by atoms with Crippen LogP contribution in [0.15, 0.2) is 58.5 Å². The van der Waals surface area contributed by atoms with E-state index in [1.807, 2.05) is 6.92 Å². The number of benzene rings is 2. The van der Waals surface area contributed by atoms with Crippen molar-refractivity contribution >= 4 is 27.3 Å². The zero-order valence-corrected chi connectivity index (χ0v) is 18.1. The number of amides is 1. The summed E-state index contributed by atoms with van der Waals surface area (Å²) < 4.78 is 33.0. The third-order valence-electron chi connectivity index (χ3n) is 5.01. The number of nitrogens with one attached hydrogen (secondary N) is 1. The van der Waals surface area contributed by atoms with Crippen LogP contribution < -0.4 is 14.5 Å². The van der Waals surface area contributed by atoms with E-state index in [4.69, 9.17) is 4.74 Å². The number of carbonyl (C=O) groups is 1. The molecule has 0 aliphatic heterocycles. The molecule has 8 heteroatoms. The van der Waals surface area contributed by atoms with Crippen LogP contribution >= 0.6 is 0 Å². The molecule has 1 saturated carbocycles. The van der Waals surface area contributed by atoms with E-state index in [-0.39, 0.29) is 11.4 Å². The van der Waals surface area contributed by atoms with Gasteiger partial charge in [-0.05, 0) is 56.9 Å². The van der Waals surface area contributed by atoms with Gasteiger partial charge in [0.15, 0.2) is 0 Å². The van der Waals surface area contributed by atoms with Crippen molar-refractivity contribution in [2.75, 3.05) is 18.0 Å². The molecule has 0 radical (unpaired) electrons. The summed E-state index contributed by atoms with van der Waals surface area (Å²) in [4.78, 5) is 12.7. The van der Waals surface area contributed by atoms with E-state index in [0.717, 1.165) is 41.3 Å². The van der Waals surface area contributed by atoms with Crippen LogP contribution in [-0.2, 0) is 14.8 Å². The van der Waals surface area contributed by atoms with Gasteiger partial charge in [0.25, 0.3) is 15.9 Å². The number of rotatable bonds is 7. The summed E-state index contributed by atoms with van der Waals surface area (Å²) in [5.74, 6) is 0.00560. The number of anilines is 1. The lowest BCUT2D eigenvalue weighted by Gasteiger charge is -2.24. The summed E-state index contributed by atoms with van der Waals surface area (Å²) in [6.45, 7) is 1.49. The Morgan fingerprint density at radius 2 is 1.80 bits per heavy atom. The molecule has 3 rings (SSSR count). The SMILES string of the molecule is COc1cccc(N(CC(=O)NN=C2CCCCC2)S(=O)(=O)c2ccc(C)cc2)c1. The fourth-order valence-electron chi connectivity index (χ4n) is 3.30. The second-order valence-corrected chi connectivity index (χ2v) is 9.16. The predicted molar refractivity (Wildman–Crippen MR) is 117 cm³/mol. The van der Waals surface area contributed by atoms with Crippen molar-refractivity contribution in [1.29, 1.82) is 0 Å². The van der Waals surface area contributed by atoms with Crippen LogP contribution in [0.3, 0.4) is 0 Å². The largest absolute Gasteiger partial charge is 0.497 e. The zero-order chi connectivity index (χ0) is 21.6. The van der Waals surface area contributed by atoms with E-state index in [2.05, 4.69) is 10.5 Å². The second kappa shape index (κ2) is 9.75. The van der Waals surface area contributed by atoms with Crippen LogP contribution in [0.25, 0.3) is 0 Å². The van der Waals surface area contributed by atoms with Crippen molar-refractivity contribution in [2.45, 2.75) is 43.9 Å². The van der Waals surface area contributed by atoms with Crippen molar-refractivity contribution in [1.82, 2.24) is 5.43 Å². The monoisotopic (exact) mass is 429 g/mol. The van der Waals surface area contributed by atoms with Crippen LogP contribution in [0.2, 0.25) is 0 Å². The Kier molecular flexibility index (Phi) is 7.10. The smallest absolute Gasteiger partial charge is 0.264 e. The third-order valence-corrected chi connectivity index (χ3v) is 6.80. The maximum atomic E-state index is 13.4. The van der Waals surface area contributed by atoms with Crippen molar-refractivity contribution < 1.29 is 17.9 Å². The summed E-state index contributed by atoms with van der Waals surface area (Å²) in [5, 5.41) is 4.20. The number of methoxy groups -OCH3 is 1. The molecule has 1 amide bonds. The average Bonchev–Trinajstić information content (AvgIpc) is 2.77. The fraction of sp³-hybridized carbons (Fsp3) is 0.364. The number of nitrogens with zero attached hydrogens (tertiary/aromatic N) is 2. The summed E-state index contributed by atoms with van der Waals surface area (Å²) in [6, 6.07) is 13.2. The van der Waals surface area contributed by atoms with E-state index >= 15 is 0 Å². The highest BCUT2D eigenvalue weighted by Gasteiger charge is 2.27. The first-order chi connectivity index (χ1) is 14.4. The normalized spacial score (nSPS) is 14.1. The van der Waals surface area contributed by atoms with E-state index < -0.39 is 15.9 Å². The molecule has 7 nitrogen and oxygen atoms in total. The highest BCUT2D eigenvalue weighted by Crippen LogP contribution is 2.27. The van der Waals surface area contributed by atoms with Gasteiger partial charge < -0.3 is 4.74 Å². The molecule has 2 aromatic rings. The summed E-state index contributed by atoms with van der Waals surface area (Å²) in [6.07, 6.45) is 5.02. The molecular weight excluding hydrogens is 402 g/mol. The van der Waals surface area contributed by atoms with Gasteiger partial charge in [0, 0.05) is 11.8 Å². The Hall–Kier alpha value is -2.87. The zero-order valence-electron chi connectivity index (χ0n) is 17.3. The standard InChI is InChI=1S/C22H27N3O4S/c1-17-11-13-21(14-12-17)30(27,28)25(19-9-6-10-20(15-19)29-2)16-22(26)24-23-18-7-4-3-5-8-18/h6,9-15H,3-5,7-8,16H2,1-2H3,(H,24,26). The topological polar surface area (TPSA) is 88.1 Å². The Labute approximate surface area is 177 Å². The van der Waals surface area contributed by atoms with Crippen molar-refractivity contribution in [3.8, 4) is 5.75 Å². The van der Waals surface area contributed by atoms with Gasteiger partial charge in [0.1, 0.15) is 12.3 Å². The Morgan fingerprint density at radius 1 is 1.10 bits per heavy atom. The van der Waals surface area contributed by atoms with E-state index in [1.165, 1.54) is 25.7 Å². The Morgan fingerprint density at radius 3 is 2.47 bits per heavy atom. The minimum absolute atomic E-state index is 0.113. The molecule has 1 fully saturated rings. The molecule has 1 N–H and O–H groups in total. The first kappa shape index (κ1) is 21.8. The highest BCUT2D eigenvalue weighted by atomic mass is 32.2. The molecule has 0 aromatic heterocycles. The number of hydrogen-bond acceptors (Lipinski definition) is 5. The lowest BCUT2D eigenvalue weighted by molar-refractivity contribution is -0.119. The van der Waals surface area contributed by atoms with Crippen molar-refractivity contribution in [3.63, 3.8) is 0 Å². The van der Waals surface area contributed by atoms with Gasteiger partial charge in [-0.25, -0.2) is 13.8 Å². The summed E-state index contributed by atoms with van der Waals surface area (Å²) >= 11 is 0. The average molecular weight is 430 g/mol.